The van der Waals surface area contributed by atoms with Crippen molar-refractivity contribution in [2.24, 2.45) is 5.92 Å². The number of anilines is 2. The number of nitrogen functional groups attached to an aromatic ring is 1. The molecule has 0 aliphatic heterocycles. The van der Waals surface area contributed by atoms with Crippen LogP contribution in [0.2, 0.25) is 0 Å². The SMILES string of the molecule is COc1cncc([C@H](Nc2nc(N)nc3c2CCC3)C2CC(O)C2)c1. The Hall–Kier alpha value is -2.41. The number of aliphatic hydroxyl groups is 1. The number of aromatic nitrogens is 3. The molecule has 0 saturated heterocycles. The zero-order valence-corrected chi connectivity index (χ0v) is 14.3. The van der Waals surface area contributed by atoms with Gasteiger partial charge in [0.15, 0.2) is 0 Å². The summed E-state index contributed by atoms with van der Waals surface area (Å²) >= 11 is 0. The molecular formula is C18H23N5O2. The van der Waals surface area contributed by atoms with E-state index >= 15 is 0 Å². The van der Waals surface area contributed by atoms with Gasteiger partial charge >= 0.3 is 0 Å². The molecule has 1 atom stereocenters. The van der Waals surface area contributed by atoms with Crippen molar-refractivity contribution in [2.45, 2.75) is 44.2 Å². The largest absolute Gasteiger partial charge is 0.495 e. The predicted molar refractivity (Wildman–Crippen MR) is 94.4 cm³/mol. The molecule has 4 rings (SSSR count). The van der Waals surface area contributed by atoms with Crippen LogP contribution in [0.5, 0.6) is 5.75 Å². The Kier molecular flexibility index (Phi) is 4.17. The van der Waals surface area contributed by atoms with Crippen molar-refractivity contribution < 1.29 is 9.84 Å². The first-order valence-electron chi connectivity index (χ1n) is 8.73. The normalized spacial score (nSPS) is 22.8. The monoisotopic (exact) mass is 341 g/mol. The van der Waals surface area contributed by atoms with Gasteiger partial charge in [-0.3, -0.25) is 4.98 Å². The highest BCUT2D eigenvalue weighted by molar-refractivity contribution is 5.53. The summed E-state index contributed by atoms with van der Waals surface area (Å²) < 4.78 is 5.32. The van der Waals surface area contributed by atoms with E-state index in [-0.39, 0.29) is 12.1 Å². The number of hydrogen-bond donors (Lipinski definition) is 3. The Morgan fingerprint density at radius 1 is 1.28 bits per heavy atom. The molecule has 4 N–H and O–H groups in total. The zero-order chi connectivity index (χ0) is 17.4. The maximum atomic E-state index is 9.77. The van der Waals surface area contributed by atoms with Crippen molar-refractivity contribution in [1.29, 1.82) is 0 Å². The van der Waals surface area contributed by atoms with Gasteiger partial charge in [-0.15, -0.1) is 0 Å². The summed E-state index contributed by atoms with van der Waals surface area (Å²) in [5.41, 5.74) is 9.14. The number of ether oxygens (including phenoxy) is 1. The Balaban J connectivity index is 1.68. The minimum Gasteiger partial charge on any atom is -0.495 e. The number of methoxy groups -OCH3 is 1. The van der Waals surface area contributed by atoms with Gasteiger partial charge in [0.25, 0.3) is 0 Å². The first kappa shape index (κ1) is 16.1. The van der Waals surface area contributed by atoms with E-state index in [2.05, 4.69) is 20.3 Å². The van der Waals surface area contributed by atoms with E-state index in [1.54, 1.807) is 13.3 Å². The molecule has 0 bridgehead atoms. The lowest BCUT2D eigenvalue weighted by Gasteiger charge is -2.38. The average molecular weight is 341 g/mol. The quantitative estimate of drug-likeness (QED) is 0.762. The van der Waals surface area contributed by atoms with Crippen LogP contribution in [0.3, 0.4) is 0 Å². The van der Waals surface area contributed by atoms with E-state index in [1.807, 2.05) is 12.3 Å². The molecule has 2 aliphatic carbocycles. The summed E-state index contributed by atoms with van der Waals surface area (Å²) in [6, 6.07) is 1.99. The van der Waals surface area contributed by atoms with Crippen LogP contribution in [-0.2, 0) is 12.8 Å². The summed E-state index contributed by atoms with van der Waals surface area (Å²) in [5.74, 6) is 2.15. The fraction of sp³-hybridized carbons (Fsp3) is 0.500. The van der Waals surface area contributed by atoms with E-state index < -0.39 is 0 Å². The third-order valence-corrected chi connectivity index (χ3v) is 5.19. The number of aryl methyl sites for hydroxylation is 1. The Morgan fingerprint density at radius 3 is 2.88 bits per heavy atom. The van der Waals surface area contributed by atoms with Crippen molar-refractivity contribution in [3.05, 3.63) is 35.3 Å². The molecule has 0 radical (unpaired) electrons. The molecule has 0 unspecified atom stereocenters. The van der Waals surface area contributed by atoms with Gasteiger partial charge in [0.1, 0.15) is 11.6 Å². The molecule has 2 aliphatic rings. The van der Waals surface area contributed by atoms with E-state index in [9.17, 15) is 5.11 Å². The summed E-state index contributed by atoms with van der Waals surface area (Å²) in [4.78, 5) is 13.1. The average Bonchev–Trinajstić information content (AvgIpc) is 3.05. The lowest BCUT2D eigenvalue weighted by atomic mass is 9.75. The molecule has 2 heterocycles. The second-order valence-electron chi connectivity index (χ2n) is 6.87. The lowest BCUT2D eigenvalue weighted by molar-refractivity contribution is 0.0338. The summed E-state index contributed by atoms with van der Waals surface area (Å²) in [7, 11) is 1.63. The molecule has 0 amide bonds. The van der Waals surface area contributed by atoms with Gasteiger partial charge in [0.2, 0.25) is 5.95 Å². The molecular weight excluding hydrogens is 318 g/mol. The van der Waals surface area contributed by atoms with Crippen LogP contribution in [0.25, 0.3) is 0 Å². The van der Waals surface area contributed by atoms with Crippen LogP contribution in [0.15, 0.2) is 18.5 Å². The van der Waals surface area contributed by atoms with Crippen LogP contribution in [0, 0.1) is 5.92 Å². The highest BCUT2D eigenvalue weighted by Gasteiger charge is 2.36. The van der Waals surface area contributed by atoms with E-state index in [1.165, 1.54) is 0 Å². The molecule has 132 valence electrons. The Morgan fingerprint density at radius 2 is 2.12 bits per heavy atom. The van der Waals surface area contributed by atoms with Gasteiger partial charge in [0.05, 0.1) is 31.1 Å². The molecule has 2 aromatic heterocycles. The number of nitrogens with two attached hydrogens (primary N) is 1. The number of hydrogen-bond acceptors (Lipinski definition) is 7. The van der Waals surface area contributed by atoms with Gasteiger partial charge in [-0.05, 0) is 49.7 Å². The summed E-state index contributed by atoms with van der Waals surface area (Å²) in [6.45, 7) is 0. The highest BCUT2D eigenvalue weighted by atomic mass is 16.5. The van der Waals surface area contributed by atoms with Gasteiger partial charge in [-0.2, -0.15) is 4.98 Å². The van der Waals surface area contributed by atoms with Crippen LogP contribution in [0.4, 0.5) is 11.8 Å². The number of pyridine rings is 1. The molecule has 1 saturated carbocycles. The van der Waals surface area contributed by atoms with E-state index in [0.29, 0.717) is 11.9 Å². The highest BCUT2D eigenvalue weighted by Crippen LogP contribution is 2.41. The number of nitrogens with zero attached hydrogens (tertiary/aromatic N) is 3. The molecule has 2 aromatic rings. The first-order chi connectivity index (χ1) is 12.1. The van der Waals surface area contributed by atoms with Crippen molar-refractivity contribution in [1.82, 2.24) is 15.0 Å². The third kappa shape index (κ3) is 3.11. The fourth-order valence-corrected chi connectivity index (χ4v) is 3.81. The maximum Gasteiger partial charge on any atom is 0.222 e. The molecule has 25 heavy (non-hydrogen) atoms. The second kappa shape index (κ2) is 6.48. The van der Waals surface area contributed by atoms with Crippen molar-refractivity contribution >= 4 is 11.8 Å². The van der Waals surface area contributed by atoms with E-state index in [4.69, 9.17) is 10.5 Å². The van der Waals surface area contributed by atoms with Crippen molar-refractivity contribution in [3.63, 3.8) is 0 Å². The van der Waals surface area contributed by atoms with Crippen molar-refractivity contribution in [2.75, 3.05) is 18.2 Å². The van der Waals surface area contributed by atoms with Crippen molar-refractivity contribution in [3.8, 4) is 5.75 Å². The minimum absolute atomic E-state index is 0.00463. The van der Waals surface area contributed by atoms with Crippen LogP contribution < -0.4 is 15.8 Å². The molecule has 0 aromatic carbocycles. The summed E-state index contributed by atoms with van der Waals surface area (Å²) in [5, 5.41) is 13.3. The number of fused-ring (bicyclic) bond motifs is 1. The number of aliphatic hydroxyl groups excluding tert-OH is 1. The minimum atomic E-state index is -0.228. The lowest BCUT2D eigenvalue weighted by Crippen LogP contribution is -2.36. The fourth-order valence-electron chi connectivity index (χ4n) is 3.81. The first-order valence-corrected chi connectivity index (χ1v) is 8.73. The van der Waals surface area contributed by atoms with Crippen LogP contribution in [0.1, 0.15) is 42.1 Å². The van der Waals surface area contributed by atoms with Crippen LogP contribution >= 0.6 is 0 Å². The molecule has 7 heteroatoms. The smallest absolute Gasteiger partial charge is 0.222 e. The molecule has 7 nitrogen and oxygen atoms in total. The van der Waals surface area contributed by atoms with Gasteiger partial charge in [0, 0.05) is 11.8 Å². The standard InChI is InChI=1S/C18H23N5O2/c1-25-13-7-11(8-20-9-13)16(10-5-12(24)6-10)22-17-14-3-2-4-15(14)21-18(19)23-17/h7-10,12,16,24H,2-6H2,1H3,(H3,19,21,22,23)/t10?,12?,16-/m1/s1. The molecule has 1 fully saturated rings. The Bertz CT molecular complexity index is 776. The topological polar surface area (TPSA) is 106 Å². The number of rotatable bonds is 5. The second-order valence-corrected chi connectivity index (χ2v) is 6.87. The number of nitrogens with one attached hydrogen (secondary N) is 1. The zero-order valence-electron chi connectivity index (χ0n) is 14.3. The van der Waals surface area contributed by atoms with Crippen LogP contribution in [-0.4, -0.2) is 33.3 Å². The predicted octanol–water partition coefficient (Wildman–Crippen LogP) is 1.88. The maximum absolute atomic E-state index is 9.77. The summed E-state index contributed by atoms with van der Waals surface area (Å²) in [6.07, 6.45) is 7.82. The van der Waals surface area contributed by atoms with Gasteiger partial charge < -0.3 is 20.9 Å². The molecule has 0 spiro atoms. The van der Waals surface area contributed by atoms with Gasteiger partial charge in [-0.25, -0.2) is 4.98 Å². The van der Waals surface area contributed by atoms with E-state index in [0.717, 1.165) is 60.5 Å². The van der Waals surface area contributed by atoms with Gasteiger partial charge in [-0.1, -0.05) is 0 Å². The third-order valence-electron chi connectivity index (χ3n) is 5.19. The Labute approximate surface area is 146 Å².